The van der Waals surface area contributed by atoms with Crippen LogP contribution in [0, 0.1) is 11.3 Å². The number of anilines is 1. The fraction of sp³-hybridized carbons (Fsp3) is 0.200. The molecule has 0 saturated carbocycles. The van der Waals surface area contributed by atoms with Crippen LogP contribution in [0.4, 0.5) is 10.5 Å². The number of primary amides is 1. The van der Waals surface area contributed by atoms with E-state index in [2.05, 4.69) is 22.4 Å². The summed E-state index contributed by atoms with van der Waals surface area (Å²) >= 11 is 0. The number of urea groups is 1. The van der Waals surface area contributed by atoms with Crippen LogP contribution in [0.15, 0.2) is 54.8 Å². The molecule has 0 atom stereocenters. The molecular weight excluding hydrogens is 416 g/mol. The molecule has 8 heteroatoms. The number of nitrogens with zero attached hydrogens (tertiary/aromatic N) is 4. The zero-order chi connectivity index (χ0) is 22.9. The van der Waals surface area contributed by atoms with E-state index in [1.807, 2.05) is 47.1 Å². The highest BCUT2D eigenvalue weighted by Gasteiger charge is 2.32. The first-order valence-corrected chi connectivity index (χ1v) is 10.8. The molecule has 0 bridgehead atoms. The highest BCUT2D eigenvalue weighted by Crippen LogP contribution is 2.34. The third-order valence-electron chi connectivity index (χ3n) is 6.12. The number of rotatable bonds is 3. The monoisotopic (exact) mass is 438 g/mol. The molecule has 2 aromatic heterocycles. The van der Waals surface area contributed by atoms with Crippen molar-refractivity contribution in [2.24, 2.45) is 5.73 Å². The van der Waals surface area contributed by atoms with Crippen LogP contribution in [-0.4, -0.2) is 32.9 Å². The molecule has 3 aromatic rings. The van der Waals surface area contributed by atoms with Crippen LogP contribution in [0.5, 0.6) is 0 Å². The van der Waals surface area contributed by atoms with E-state index in [0.29, 0.717) is 30.0 Å². The number of benzene rings is 1. The Balaban J connectivity index is 1.46. The van der Waals surface area contributed by atoms with Gasteiger partial charge in [0.2, 0.25) is 0 Å². The first kappa shape index (κ1) is 20.5. The molecule has 5 rings (SSSR count). The van der Waals surface area contributed by atoms with Crippen molar-refractivity contribution >= 4 is 34.1 Å². The number of carbonyl (C=O) groups excluding carboxylic acids is 2. The molecule has 3 amide bonds. The summed E-state index contributed by atoms with van der Waals surface area (Å²) < 4.78 is 1.98. The number of amides is 3. The van der Waals surface area contributed by atoms with Crippen molar-refractivity contribution in [3.8, 4) is 6.07 Å². The van der Waals surface area contributed by atoms with Gasteiger partial charge in [-0.2, -0.15) is 5.26 Å². The summed E-state index contributed by atoms with van der Waals surface area (Å²) in [6.45, 7) is 1.11. The van der Waals surface area contributed by atoms with Gasteiger partial charge in [0.25, 0.3) is 5.91 Å². The lowest BCUT2D eigenvalue weighted by molar-refractivity contribution is 0.0997. The Morgan fingerprint density at radius 3 is 2.85 bits per heavy atom. The molecule has 164 valence electrons. The van der Waals surface area contributed by atoms with Crippen molar-refractivity contribution in [2.45, 2.75) is 25.9 Å². The number of fused-ring (bicyclic) bond motifs is 2. The van der Waals surface area contributed by atoms with Crippen LogP contribution in [0.3, 0.4) is 0 Å². The molecule has 0 saturated heterocycles. The van der Waals surface area contributed by atoms with E-state index in [0.717, 1.165) is 35.0 Å². The van der Waals surface area contributed by atoms with Gasteiger partial charge in [0.05, 0.1) is 34.6 Å². The van der Waals surface area contributed by atoms with Gasteiger partial charge in [-0.15, -0.1) is 0 Å². The molecule has 2 aliphatic rings. The highest BCUT2D eigenvalue weighted by molar-refractivity contribution is 5.99. The summed E-state index contributed by atoms with van der Waals surface area (Å²) in [5.41, 5.74) is 10.1. The number of allylic oxidation sites excluding steroid dienone is 4. The van der Waals surface area contributed by atoms with Gasteiger partial charge in [-0.25, -0.2) is 4.79 Å². The molecular formula is C25H22N6O2. The zero-order valence-electron chi connectivity index (χ0n) is 17.9. The maximum atomic E-state index is 13.0. The molecule has 3 heterocycles. The number of pyridine rings is 1. The Labute approximate surface area is 190 Å². The van der Waals surface area contributed by atoms with E-state index in [4.69, 9.17) is 5.73 Å². The number of nitrogens with two attached hydrogens (primary N) is 1. The number of nitriles is 1. The highest BCUT2D eigenvalue weighted by atomic mass is 16.2. The molecule has 0 spiro atoms. The van der Waals surface area contributed by atoms with Crippen LogP contribution >= 0.6 is 0 Å². The minimum Gasteiger partial charge on any atom is -0.366 e. The summed E-state index contributed by atoms with van der Waals surface area (Å²) in [6, 6.07) is 11.2. The van der Waals surface area contributed by atoms with Crippen molar-refractivity contribution in [2.75, 3.05) is 11.9 Å². The average molecular weight is 438 g/mol. The van der Waals surface area contributed by atoms with E-state index in [-0.39, 0.29) is 18.1 Å². The van der Waals surface area contributed by atoms with E-state index < -0.39 is 5.91 Å². The lowest BCUT2D eigenvalue weighted by Gasteiger charge is -2.30. The third-order valence-corrected chi connectivity index (χ3v) is 6.12. The Kier molecular flexibility index (Phi) is 5.15. The number of aromatic nitrogens is 2. The quantitative estimate of drug-likeness (QED) is 0.647. The minimum absolute atomic E-state index is 0.192. The predicted octanol–water partition coefficient (Wildman–Crippen LogP) is 3.79. The molecule has 0 radical (unpaired) electrons. The molecule has 1 aliphatic heterocycles. The van der Waals surface area contributed by atoms with Crippen LogP contribution in [0.1, 0.15) is 40.2 Å². The summed E-state index contributed by atoms with van der Waals surface area (Å²) in [4.78, 5) is 31.3. The number of hydrogen-bond acceptors (Lipinski definition) is 4. The molecule has 3 N–H and O–H groups in total. The minimum atomic E-state index is -0.655. The summed E-state index contributed by atoms with van der Waals surface area (Å²) in [5.74, 6) is -0.655. The maximum absolute atomic E-state index is 13.0. The second-order valence-electron chi connectivity index (χ2n) is 8.09. The van der Waals surface area contributed by atoms with Crippen LogP contribution in [-0.2, 0) is 13.1 Å². The standard InChI is InChI=1S/C25H22N6O2/c26-14-19-22(24(27)32)21-15-30(11-12-31(21)23(19)16-5-2-1-3-6-16)25(33)29-18-8-9-20-17(13-18)7-4-10-28-20/h1-2,4-5,7-10,13H,3,6,11-12,15H2,(H2,27,32)(H,29,33). The van der Waals surface area contributed by atoms with Crippen LogP contribution in [0.25, 0.3) is 16.5 Å². The van der Waals surface area contributed by atoms with Crippen LogP contribution < -0.4 is 11.1 Å². The Hall–Kier alpha value is -4.38. The van der Waals surface area contributed by atoms with Gasteiger partial charge in [0.15, 0.2) is 0 Å². The first-order valence-electron chi connectivity index (χ1n) is 10.8. The largest absolute Gasteiger partial charge is 0.366 e. The second kappa shape index (κ2) is 8.28. The number of hydrogen-bond donors (Lipinski definition) is 2. The molecule has 0 fully saturated rings. The van der Waals surface area contributed by atoms with Gasteiger partial charge in [0, 0.05) is 30.4 Å². The van der Waals surface area contributed by atoms with Crippen molar-refractivity contribution in [1.82, 2.24) is 14.5 Å². The van der Waals surface area contributed by atoms with Crippen molar-refractivity contribution in [3.05, 3.63) is 77.3 Å². The topological polar surface area (TPSA) is 117 Å². The summed E-state index contributed by atoms with van der Waals surface area (Å²) in [7, 11) is 0. The van der Waals surface area contributed by atoms with Gasteiger partial charge in [0.1, 0.15) is 6.07 Å². The normalized spacial score (nSPS) is 15.0. The maximum Gasteiger partial charge on any atom is 0.322 e. The Bertz CT molecular complexity index is 1390. The van der Waals surface area contributed by atoms with Gasteiger partial charge in [-0.1, -0.05) is 24.3 Å². The number of carbonyl (C=O) groups is 2. The molecule has 1 aromatic carbocycles. The predicted molar refractivity (Wildman–Crippen MR) is 125 cm³/mol. The fourth-order valence-corrected chi connectivity index (χ4v) is 4.60. The Morgan fingerprint density at radius 1 is 1.21 bits per heavy atom. The van der Waals surface area contributed by atoms with Crippen molar-refractivity contribution in [3.63, 3.8) is 0 Å². The average Bonchev–Trinajstić information content (AvgIpc) is 3.18. The van der Waals surface area contributed by atoms with Gasteiger partial charge in [-0.05, 0) is 42.7 Å². The molecule has 8 nitrogen and oxygen atoms in total. The summed E-state index contributed by atoms with van der Waals surface area (Å²) in [5, 5.41) is 13.7. The summed E-state index contributed by atoms with van der Waals surface area (Å²) in [6.07, 6.45) is 9.40. The molecule has 33 heavy (non-hydrogen) atoms. The molecule has 1 aliphatic carbocycles. The van der Waals surface area contributed by atoms with E-state index in [1.54, 1.807) is 11.1 Å². The Morgan fingerprint density at radius 2 is 2.09 bits per heavy atom. The third kappa shape index (κ3) is 3.64. The van der Waals surface area contributed by atoms with Crippen molar-refractivity contribution in [1.29, 1.82) is 5.26 Å². The van der Waals surface area contributed by atoms with Gasteiger partial charge >= 0.3 is 6.03 Å². The van der Waals surface area contributed by atoms with Crippen molar-refractivity contribution < 1.29 is 9.59 Å². The molecule has 0 unspecified atom stereocenters. The SMILES string of the molecule is N#Cc1c(C(N)=O)c2n(c1C1=CC=CCC1)CCN(C(=O)Nc1ccc3ncccc3c1)C2. The van der Waals surface area contributed by atoms with E-state index >= 15 is 0 Å². The fourth-order valence-electron chi connectivity index (χ4n) is 4.60. The second-order valence-corrected chi connectivity index (χ2v) is 8.09. The van der Waals surface area contributed by atoms with E-state index in [9.17, 15) is 14.9 Å². The lowest BCUT2D eigenvalue weighted by Crippen LogP contribution is -2.41. The smallest absolute Gasteiger partial charge is 0.322 e. The van der Waals surface area contributed by atoms with E-state index in [1.165, 1.54) is 0 Å². The first-order chi connectivity index (χ1) is 16.1. The number of nitrogens with one attached hydrogen (secondary N) is 1. The zero-order valence-corrected chi connectivity index (χ0v) is 17.9. The van der Waals surface area contributed by atoms with Crippen LogP contribution in [0.2, 0.25) is 0 Å². The van der Waals surface area contributed by atoms with Gasteiger partial charge in [-0.3, -0.25) is 9.78 Å². The lowest BCUT2D eigenvalue weighted by atomic mass is 9.98. The van der Waals surface area contributed by atoms with Gasteiger partial charge < -0.3 is 20.5 Å².